The van der Waals surface area contributed by atoms with Gasteiger partial charge in [-0.1, -0.05) is 59.6 Å². The lowest BCUT2D eigenvalue weighted by molar-refractivity contribution is -0.112. The van der Waals surface area contributed by atoms with Crippen LogP contribution < -0.4 is 5.32 Å². The summed E-state index contributed by atoms with van der Waals surface area (Å²) in [6, 6.07) is 16.4. The van der Waals surface area contributed by atoms with Crippen LogP contribution in [0.2, 0.25) is 10.0 Å². The Morgan fingerprint density at radius 3 is 2.70 bits per heavy atom. The standard InChI is InChI=1S/C20H13Cl2N3OS/c21-16-7-6-14(18(22)10-16)9-17-12-24-20(27-17)25-19(26)15(11-23)8-13-4-2-1-3-5-13/h1-8,10,12H,9H2,(H,24,25,26)/b15-8-. The smallest absolute Gasteiger partial charge is 0.268 e. The first-order valence-corrected chi connectivity index (χ1v) is 9.49. The van der Waals surface area contributed by atoms with Gasteiger partial charge in [-0.3, -0.25) is 10.1 Å². The van der Waals surface area contributed by atoms with Gasteiger partial charge in [0.15, 0.2) is 5.13 Å². The minimum absolute atomic E-state index is 0.0127. The fourth-order valence-electron chi connectivity index (χ4n) is 2.33. The second-order valence-corrected chi connectivity index (χ2v) is 7.54. The first-order valence-electron chi connectivity index (χ1n) is 7.92. The van der Waals surface area contributed by atoms with E-state index in [1.807, 2.05) is 42.5 Å². The second-order valence-electron chi connectivity index (χ2n) is 5.58. The summed E-state index contributed by atoms with van der Waals surface area (Å²) in [6.07, 6.45) is 3.80. The van der Waals surface area contributed by atoms with E-state index in [0.29, 0.717) is 21.6 Å². The van der Waals surface area contributed by atoms with Crippen molar-refractivity contribution in [1.82, 2.24) is 4.98 Å². The van der Waals surface area contributed by atoms with Crippen LogP contribution in [-0.2, 0) is 11.2 Å². The largest absolute Gasteiger partial charge is 0.297 e. The zero-order valence-corrected chi connectivity index (χ0v) is 16.3. The van der Waals surface area contributed by atoms with E-state index in [2.05, 4.69) is 10.3 Å². The fraction of sp³-hybridized carbons (Fsp3) is 0.0500. The molecule has 0 saturated heterocycles. The molecule has 3 rings (SSSR count). The number of nitriles is 1. The monoisotopic (exact) mass is 413 g/mol. The van der Waals surface area contributed by atoms with E-state index < -0.39 is 5.91 Å². The fourth-order valence-corrected chi connectivity index (χ4v) is 3.63. The Kier molecular flexibility index (Phi) is 6.25. The molecule has 1 aromatic heterocycles. The molecule has 0 aliphatic rings. The molecule has 0 atom stereocenters. The van der Waals surface area contributed by atoms with E-state index in [0.717, 1.165) is 16.0 Å². The summed E-state index contributed by atoms with van der Waals surface area (Å²) in [6.45, 7) is 0. The van der Waals surface area contributed by atoms with Crippen molar-refractivity contribution >= 4 is 51.7 Å². The molecule has 0 aliphatic carbocycles. The molecule has 3 aromatic rings. The second kappa shape index (κ2) is 8.83. The quantitative estimate of drug-likeness (QED) is 0.438. The number of hydrogen-bond acceptors (Lipinski definition) is 4. The van der Waals surface area contributed by atoms with Gasteiger partial charge in [-0.25, -0.2) is 4.98 Å². The number of thiazole rings is 1. The van der Waals surface area contributed by atoms with Gasteiger partial charge in [-0.05, 0) is 29.3 Å². The molecule has 7 heteroatoms. The van der Waals surface area contributed by atoms with Gasteiger partial charge in [0.05, 0.1) is 0 Å². The molecule has 0 spiro atoms. The number of anilines is 1. The van der Waals surface area contributed by atoms with E-state index >= 15 is 0 Å². The van der Waals surface area contributed by atoms with Crippen molar-refractivity contribution in [3.8, 4) is 6.07 Å². The third-order valence-electron chi connectivity index (χ3n) is 3.63. The number of benzene rings is 2. The van der Waals surface area contributed by atoms with Crippen LogP contribution in [0.5, 0.6) is 0 Å². The summed E-state index contributed by atoms with van der Waals surface area (Å²) in [4.78, 5) is 17.5. The third kappa shape index (κ3) is 5.18. The number of carbonyl (C=O) groups is 1. The molecule has 0 bridgehead atoms. The van der Waals surface area contributed by atoms with E-state index in [4.69, 9.17) is 23.2 Å². The SMILES string of the molecule is N#C/C(=C/c1ccccc1)C(=O)Nc1ncc(Cc2ccc(Cl)cc2Cl)s1. The molecule has 0 unspecified atom stereocenters. The molecule has 0 radical (unpaired) electrons. The van der Waals surface area contributed by atoms with Gasteiger partial charge in [0.1, 0.15) is 11.6 Å². The van der Waals surface area contributed by atoms with Crippen molar-refractivity contribution < 1.29 is 4.79 Å². The van der Waals surface area contributed by atoms with Crippen LogP contribution in [0.1, 0.15) is 16.0 Å². The number of aromatic nitrogens is 1. The Balaban J connectivity index is 1.70. The van der Waals surface area contributed by atoms with Crippen LogP contribution in [0, 0.1) is 11.3 Å². The maximum Gasteiger partial charge on any atom is 0.268 e. The minimum Gasteiger partial charge on any atom is -0.297 e. The highest BCUT2D eigenvalue weighted by atomic mass is 35.5. The Hall–Kier alpha value is -2.65. The van der Waals surface area contributed by atoms with Crippen molar-refractivity contribution in [3.63, 3.8) is 0 Å². The minimum atomic E-state index is -0.494. The molecule has 27 heavy (non-hydrogen) atoms. The molecule has 0 aliphatic heterocycles. The summed E-state index contributed by atoms with van der Waals surface area (Å²) in [5.74, 6) is -0.494. The van der Waals surface area contributed by atoms with Gasteiger partial charge in [0, 0.05) is 27.5 Å². The molecular formula is C20H13Cl2N3OS. The zero-order chi connectivity index (χ0) is 19.2. The van der Waals surface area contributed by atoms with Gasteiger partial charge >= 0.3 is 0 Å². The van der Waals surface area contributed by atoms with Crippen LogP contribution in [0.25, 0.3) is 6.08 Å². The predicted molar refractivity (Wildman–Crippen MR) is 110 cm³/mol. The Labute approximate surface area is 170 Å². The zero-order valence-electron chi connectivity index (χ0n) is 13.9. The van der Waals surface area contributed by atoms with E-state index in [1.54, 1.807) is 18.3 Å². The molecule has 2 aromatic carbocycles. The van der Waals surface area contributed by atoms with Gasteiger partial charge in [-0.15, -0.1) is 11.3 Å². The van der Waals surface area contributed by atoms with Crippen LogP contribution in [0.3, 0.4) is 0 Å². The highest BCUT2D eigenvalue weighted by molar-refractivity contribution is 7.15. The number of nitrogens with one attached hydrogen (secondary N) is 1. The van der Waals surface area contributed by atoms with Gasteiger partial charge < -0.3 is 0 Å². The lowest BCUT2D eigenvalue weighted by Crippen LogP contribution is -2.13. The molecule has 0 saturated carbocycles. The highest BCUT2D eigenvalue weighted by Crippen LogP contribution is 2.27. The Morgan fingerprint density at radius 2 is 2.00 bits per heavy atom. The molecule has 1 N–H and O–H groups in total. The summed E-state index contributed by atoms with van der Waals surface area (Å²) >= 11 is 13.4. The van der Waals surface area contributed by atoms with Crippen molar-refractivity contribution in [2.24, 2.45) is 0 Å². The van der Waals surface area contributed by atoms with E-state index in [9.17, 15) is 10.1 Å². The van der Waals surface area contributed by atoms with E-state index in [1.165, 1.54) is 17.4 Å². The van der Waals surface area contributed by atoms with Gasteiger partial charge in [0.2, 0.25) is 0 Å². The van der Waals surface area contributed by atoms with Crippen LogP contribution in [0.4, 0.5) is 5.13 Å². The maximum atomic E-state index is 12.3. The highest BCUT2D eigenvalue weighted by Gasteiger charge is 2.13. The topological polar surface area (TPSA) is 65.8 Å². The Bertz CT molecular complexity index is 1040. The normalized spacial score (nSPS) is 11.1. The molecular weight excluding hydrogens is 401 g/mol. The lowest BCUT2D eigenvalue weighted by atomic mass is 10.1. The number of amides is 1. The number of carbonyl (C=O) groups excluding carboxylic acids is 1. The Morgan fingerprint density at radius 1 is 1.22 bits per heavy atom. The van der Waals surface area contributed by atoms with Gasteiger partial charge in [-0.2, -0.15) is 5.26 Å². The maximum absolute atomic E-state index is 12.3. The molecule has 0 fully saturated rings. The summed E-state index contributed by atoms with van der Waals surface area (Å²) < 4.78 is 0. The number of rotatable bonds is 5. The van der Waals surface area contributed by atoms with Crippen LogP contribution in [0.15, 0.2) is 60.3 Å². The van der Waals surface area contributed by atoms with Crippen molar-refractivity contribution in [1.29, 1.82) is 5.26 Å². The van der Waals surface area contributed by atoms with Crippen molar-refractivity contribution in [3.05, 3.63) is 86.4 Å². The molecule has 1 heterocycles. The average Bonchev–Trinajstić information content (AvgIpc) is 3.09. The first kappa shape index (κ1) is 19.1. The lowest BCUT2D eigenvalue weighted by Gasteiger charge is -2.02. The number of nitrogens with zero attached hydrogens (tertiary/aromatic N) is 2. The average molecular weight is 414 g/mol. The summed E-state index contributed by atoms with van der Waals surface area (Å²) in [7, 11) is 0. The van der Waals surface area contributed by atoms with E-state index in [-0.39, 0.29) is 5.57 Å². The molecule has 1 amide bonds. The first-order chi connectivity index (χ1) is 13.0. The predicted octanol–water partition coefficient (Wildman–Crippen LogP) is 5.59. The number of halogens is 2. The van der Waals surface area contributed by atoms with Gasteiger partial charge in [0.25, 0.3) is 5.91 Å². The number of hydrogen-bond donors (Lipinski definition) is 1. The van der Waals surface area contributed by atoms with Crippen molar-refractivity contribution in [2.75, 3.05) is 5.32 Å². The summed E-state index contributed by atoms with van der Waals surface area (Å²) in [5, 5.41) is 13.5. The van der Waals surface area contributed by atoms with Crippen molar-refractivity contribution in [2.45, 2.75) is 6.42 Å². The molecule has 134 valence electrons. The third-order valence-corrected chi connectivity index (χ3v) is 5.13. The molecule has 4 nitrogen and oxygen atoms in total. The summed E-state index contributed by atoms with van der Waals surface area (Å²) in [5.41, 5.74) is 1.71. The van der Waals surface area contributed by atoms with Crippen LogP contribution >= 0.6 is 34.5 Å². The van der Waals surface area contributed by atoms with Crippen LogP contribution in [-0.4, -0.2) is 10.9 Å².